The number of anilines is 1. The highest BCUT2D eigenvalue weighted by Crippen LogP contribution is 2.39. The molecule has 4 rings (SSSR count). The molecule has 0 fully saturated rings. The van der Waals surface area contributed by atoms with Gasteiger partial charge in [-0.05, 0) is 55.3 Å². The van der Waals surface area contributed by atoms with E-state index in [4.69, 9.17) is 26.3 Å². The molecule has 39 heavy (non-hydrogen) atoms. The Morgan fingerprint density at radius 1 is 1.00 bits per heavy atom. The third-order valence-corrected chi connectivity index (χ3v) is 5.85. The summed E-state index contributed by atoms with van der Waals surface area (Å²) in [4.78, 5) is 13.0. The van der Waals surface area contributed by atoms with E-state index in [1.54, 1.807) is 31.2 Å². The summed E-state index contributed by atoms with van der Waals surface area (Å²) in [5.74, 6) is -11.8. The van der Waals surface area contributed by atoms with E-state index in [0.29, 0.717) is 11.1 Å². The van der Waals surface area contributed by atoms with E-state index < -0.39 is 40.7 Å². The summed E-state index contributed by atoms with van der Waals surface area (Å²) in [6.07, 6.45) is 1.28. The Bertz CT molecular complexity index is 1550. The molecule has 0 radical (unpaired) electrons. The van der Waals surface area contributed by atoms with Gasteiger partial charge in [0.05, 0.1) is 34.5 Å². The van der Waals surface area contributed by atoms with Gasteiger partial charge < -0.3 is 9.47 Å². The molecule has 0 aliphatic carbocycles. The molecule has 1 heterocycles. The second-order valence-corrected chi connectivity index (χ2v) is 8.55. The molecule has 0 N–H and O–H groups in total. The van der Waals surface area contributed by atoms with E-state index in [0.717, 1.165) is 5.56 Å². The first-order valence-corrected chi connectivity index (χ1v) is 11.7. The largest absolute Gasteiger partial charge is 0.490 e. The van der Waals surface area contributed by atoms with E-state index in [-0.39, 0.29) is 46.0 Å². The highest BCUT2D eigenvalue weighted by Gasteiger charge is 2.37. The predicted molar refractivity (Wildman–Crippen MR) is 133 cm³/mol. The number of amides is 1. The maximum atomic E-state index is 14.3. The lowest BCUT2D eigenvalue weighted by atomic mass is 10.1. The van der Waals surface area contributed by atoms with Crippen molar-refractivity contribution in [2.45, 2.75) is 20.5 Å². The fourth-order valence-corrected chi connectivity index (χ4v) is 3.96. The maximum absolute atomic E-state index is 14.3. The molecular formula is C27H17ClF5N3O3. The van der Waals surface area contributed by atoms with Gasteiger partial charge in [0.1, 0.15) is 12.3 Å². The summed E-state index contributed by atoms with van der Waals surface area (Å²) in [6.45, 7) is 3.39. The van der Waals surface area contributed by atoms with Gasteiger partial charge in [0.15, 0.2) is 34.8 Å². The molecular weight excluding hydrogens is 545 g/mol. The second-order valence-electron chi connectivity index (χ2n) is 8.14. The van der Waals surface area contributed by atoms with Crippen LogP contribution in [0.3, 0.4) is 0 Å². The van der Waals surface area contributed by atoms with E-state index in [1.165, 1.54) is 25.1 Å². The number of hydrogen-bond acceptors (Lipinski definition) is 5. The van der Waals surface area contributed by atoms with Crippen LogP contribution in [0.25, 0.3) is 6.08 Å². The van der Waals surface area contributed by atoms with Gasteiger partial charge in [-0.15, -0.1) is 0 Å². The van der Waals surface area contributed by atoms with Crippen LogP contribution in [0.4, 0.5) is 27.6 Å². The number of halogens is 6. The Morgan fingerprint density at radius 2 is 1.62 bits per heavy atom. The number of benzene rings is 3. The SMILES string of the molecule is CCOc1cc(/C=C2\C(=O)N(c3c(F)c(F)c(F)c(F)c3F)N=C2C)cc(Cl)c1OCc1ccc(C#N)cc1. The number of nitrogens with zero attached hydrogens (tertiary/aromatic N) is 3. The molecule has 12 heteroatoms. The van der Waals surface area contributed by atoms with Gasteiger partial charge in [-0.2, -0.15) is 15.4 Å². The zero-order valence-electron chi connectivity index (χ0n) is 20.3. The van der Waals surface area contributed by atoms with Crippen LogP contribution in [0, 0.1) is 40.4 Å². The quantitative estimate of drug-likeness (QED) is 0.139. The van der Waals surface area contributed by atoms with E-state index in [9.17, 15) is 26.7 Å². The Labute approximate surface area is 224 Å². The minimum absolute atomic E-state index is 0.0424. The maximum Gasteiger partial charge on any atom is 0.280 e. The molecule has 0 spiro atoms. The van der Waals surface area contributed by atoms with Crippen molar-refractivity contribution in [1.29, 1.82) is 5.26 Å². The van der Waals surface area contributed by atoms with Gasteiger partial charge in [0, 0.05) is 0 Å². The van der Waals surface area contributed by atoms with E-state index in [1.807, 2.05) is 6.07 Å². The minimum atomic E-state index is -2.35. The molecule has 1 aliphatic heterocycles. The molecule has 1 amide bonds. The first-order valence-electron chi connectivity index (χ1n) is 11.3. The van der Waals surface area contributed by atoms with E-state index in [2.05, 4.69) is 5.10 Å². The second kappa shape index (κ2) is 11.1. The summed E-state index contributed by atoms with van der Waals surface area (Å²) < 4.78 is 81.0. The number of nitriles is 1. The number of carbonyl (C=O) groups excluding carboxylic acids is 1. The van der Waals surface area contributed by atoms with Gasteiger partial charge in [-0.1, -0.05) is 23.7 Å². The van der Waals surface area contributed by atoms with Crippen LogP contribution in [0.5, 0.6) is 11.5 Å². The monoisotopic (exact) mass is 561 g/mol. The first kappa shape index (κ1) is 27.6. The molecule has 3 aromatic rings. The molecule has 0 aromatic heterocycles. The average Bonchev–Trinajstić information content (AvgIpc) is 3.19. The van der Waals surface area contributed by atoms with Gasteiger partial charge in [-0.3, -0.25) is 4.79 Å². The van der Waals surface area contributed by atoms with Crippen molar-refractivity contribution in [2.24, 2.45) is 5.10 Å². The van der Waals surface area contributed by atoms with Crippen molar-refractivity contribution in [3.63, 3.8) is 0 Å². The van der Waals surface area contributed by atoms with Crippen LogP contribution in [0.15, 0.2) is 47.1 Å². The highest BCUT2D eigenvalue weighted by molar-refractivity contribution is 6.33. The normalized spacial score (nSPS) is 14.0. The Morgan fingerprint density at radius 3 is 2.21 bits per heavy atom. The van der Waals surface area contributed by atoms with Crippen molar-refractivity contribution < 1.29 is 36.2 Å². The van der Waals surface area contributed by atoms with Crippen LogP contribution in [-0.2, 0) is 11.4 Å². The summed E-state index contributed by atoms with van der Waals surface area (Å²) >= 11 is 6.44. The zero-order valence-corrected chi connectivity index (χ0v) is 21.0. The van der Waals surface area contributed by atoms with Crippen molar-refractivity contribution in [3.05, 3.63) is 92.8 Å². The third kappa shape index (κ3) is 5.28. The fourth-order valence-electron chi connectivity index (χ4n) is 3.69. The average molecular weight is 562 g/mol. The smallest absolute Gasteiger partial charge is 0.280 e. The molecule has 0 saturated heterocycles. The van der Waals surface area contributed by atoms with Gasteiger partial charge in [0.2, 0.25) is 5.82 Å². The number of carbonyl (C=O) groups is 1. The molecule has 1 aliphatic rings. The van der Waals surface area contributed by atoms with Gasteiger partial charge in [0.25, 0.3) is 5.91 Å². The fraction of sp³-hybridized carbons (Fsp3) is 0.148. The predicted octanol–water partition coefficient (Wildman–Crippen LogP) is 6.69. The van der Waals surface area contributed by atoms with Gasteiger partial charge in [-0.25, -0.2) is 22.0 Å². The minimum Gasteiger partial charge on any atom is -0.490 e. The van der Waals surface area contributed by atoms with Crippen LogP contribution >= 0.6 is 11.6 Å². The van der Waals surface area contributed by atoms with Crippen molar-refractivity contribution in [3.8, 4) is 17.6 Å². The molecule has 6 nitrogen and oxygen atoms in total. The number of hydrazone groups is 1. The standard InChI is InChI=1S/C27H17ClF5N3O3/c1-3-38-19-10-16(9-18(28)26(19)39-12-15-6-4-14(11-34)5-7-15)8-17-13(2)35-36(27(17)37)25-23(32)21(30)20(29)22(31)24(25)33/h4-10H,3,12H2,1-2H3/b17-8-. The molecule has 0 atom stereocenters. The lowest BCUT2D eigenvalue weighted by molar-refractivity contribution is -0.114. The molecule has 0 unspecified atom stereocenters. The van der Waals surface area contributed by atoms with Crippen LogP contribution in [0.2, 0.25) is 5.02 Å². The Kier molecular flexibility index (Phi) is 7.88. The number of ether oxygens (including phenoxy) is 2. The van der Waals surface area contributed by atoms with E-state index >= 15 is 0 Å². The Hall–Kier alpha value is -4.43. The molecule has 3 aromatic carbocycles. The van der Waals surface area contributed by atoms with Crippen LogP contribution in [-0.4, -0.2) is 18.2 Å². The summed E-state index contributed by atoms with van der Waals surface area (Å²) in [7, 11) is 0. The van der Waals surface area contributed by atoms with Crippen LogP contribution < -0.4 is 14.5 Å². The topological polar surface area (TPSA) is 74.9 Å². The van der Waals surface area contributed by atoms with Crippen molar-refractivity contribution in [2.75, 3.05) is 11.6 Å². The third-order valence-electron chi connectivity index (χ3n) is 5.57. The number of hydrogen-bond donors (Lipinski definition) is 0. The summed E-state index contributed by atoms with van der Waals surface area (Å²) in [5.41, 5.74) is -0.147. The zero-order chi connectivity index (χ0) is 28.4. The lowest BCUT2D eigenvalue weighted by Crippen LogP contribution is -2.25. The summed E-state index contributed by atoms with van der Waals surface area (Å²) in [5, 5.41) is 12.9. The molecule has 0 saturated carbocycles. The first-order chi connectivity index (χ1) is 18.6. The van der Waals surface area contributed by atoms with Crippen molar-refractivity contribution in [1.82, 2.24) is 0 Å². The Balaban J connectivity index is 1.66. The highest BCUT2D eigenvalue weighted by atomic mass is 35.5. The molecule has 0 bridgehead atoms. The van der Waals surface area contributed by atoms with Crippen LogP contribution in [0.1, 0.15) is 30.5 Å². The lowest BCUT2D eigenvalue weighted by Gasteiger charge is -2.15. The van der Waals surface area contributed by atoms with Gasteiger partial charge >= 0.3 is 0 Å². The van der Waals surface area contributed by atoms with Crippen molar-refractivity contribution >= 4 is 35.0 Å². The number of rotatable bonds is 7. The summed E-state index contributed by atoms with van der Waals surface area (Å²) in [6, 6.07) is 11.7. The molecule has 200 valence electrons.